The number of carbonyl (C=O) groups is 1. The van der Waals surface area contributed by atoms with Gasteiger partial charge < -0.3 is 9.84 Å². The molecule has 0 spiro atoms. The highest BCUT2D eigenvalue weighted by atomic mass is 127. The first-order chi connectivity index (χ1) is 6.52. The van der Waals surface area contributed by atoms with E-state index in [0.717, 1.165) is 0 Å². The Balaban J connectivity index is 2.93. The molecule has 1 rings (SSSR count). The van der Waals surface area contributed by atoms with Crippen LogP contribution in [0.4, 0.5) is 0 Å². The van der Waals surface area contributed by atoms with Gasteiger partial charge >= 0.3 is 5.97 Å². The molecule has 0 saturated carbocycles. The molecular weight excluding hydrogens is 295 g/mol. The van der Waals surface area contributed by atoms with Crippen LogP contribution in [0, 0.1) is 3.57 Å². The minimum atomic E-state index is -0.492. The molecule has 0 fully saturated rings. The lowest BCUT2D eigenvalue weighted by molar-refractivity contribution is -0.130. The van der Waals surface area contributed by atoms with Gasteiger partial charge in [0.25, 0.3) is 0 Å². The molecule has 0 aromatic heterocycles. The van der Waals surface area contributed by atoms with E-state index in [1.807, 2.05) is 22.6 Å². The predicted octanol–water partition coefficient (Wildman–Crippen LogP) is 2.48. The average Bonchev–Trinajstić information content (AvgIpc) is 2.12. The summed E-state index contributed by atoms with van der Waals surface area (Å²) in [6.45, 7) is 5.03. The second-order valence-corrected chi connectivity index (χ2v) is 3.84. The van der Waals surface area contributed by atoms with Gasteiger partial charge in [0.2, 0.25) is 0 Å². The molecule has 3 nitrogen and oxygen atoms in total. The summed E-state index contributed by atoms with van der Waals surface area (Å²) in [7, 11) is 0. The molecule has 14 heavy (non-hydrogen) atoms. The second kappa shape index (κ2) is 4.45. The second-order valence-electron chi connectivity index (χ2n) is 2.76. The maximum Gasteiger partial charge on any atom is 0.338 e. The Morgan fingerprint density at radius 2 is 2.21 bits per heavy atom. The lowest BCUT2D eigenvalue weighted by Gasteiger charge is -2.06. The number of halogens is 1. The quantitative estimate of drug-likeness (QED) is 0.395. The van der Waals surface area contributed by atoms with Crippen molar-refractivity contribution >= 4 is 28.6 Å². The van der Waals surface area contributed by atoms with Crippen molar-refractivity contribution in [1.29, 1.82) is 0 Å². The number of hydrogen-bond acceptors (Lipinski definition) is 3. The number of aromatic hydroxyl groups is 1. The fourth-order valence-electron chi connectivity index (χ4n) is 0.765. The van der Waals surface area contributed by atoms with Crippen molar-refractivity contribution in [1.82, 2.24) is 0 Å². The van der Waals surface area contributed by atoms with Crippen LogP contribution in [0.1, 0.15) is 6.92 Å². The lowest BCUT2D eigenvalue weighted by Crippen LogP contribution is -2.08. The molecule has 1 aromatic rings. The first-order valence-corrected chi connectivity index (χ1v) is 4.95. The molecule has 0 atom stereocenters. The summed E-state index contributed by atoms with van der Waals surface area (Å²) in [5.74, 6) is -0.0512. The van der Waals surface area contributed by atoms with Gasteiger partial charge in [-0.2, -0.15) is 0 Å². The highest BCUT2D eigenvalue weighted by Crippen LogP contribution is 2.29. The number of benzene rings is 1. The number of rotatable bonds is 2. The summed E-state index contributed by atoms with van der Waals surface area (Å²) in [5.41, 5.74) is 0.323. The average molecular weight is 304 g/mol. The topological polar surface area (TPSA) is 46.5 Å². The van der Waals surface area contributed by atoms with Crippen molar-refractivity contribution in [2.24, 2.45) is 0 Å². The Bertz CT molecular complexity index is 385. The van der Waals surface area contributed by atoms with Gasteiger partial charge in [-0.15, -0.1) is 0 Å². The molecule has 0 unspecified atom stereocenters. The number of hydrogen-bond donors (Lipinski definition) is 1. The Morgan fingerprint density at radius 3 is 2.79 bits per heavy atom. The van der Waals surface area contributed by atoms with Gasteiger partial charge in [-0.1, -0.05) is 12.6 Å². The Kier molecular flexibility index (Phi) is 3.51. The normalized spacial score (nSPS) is 9.57. The Morgan fingerprint density at radius 1 is 1.57 bits per heavy atom. The smallest absolute Gasteiger partial charge is 0.338 e. The predicted molar refractivity (Wildman–Crippen MR) is 61.3 cm³/mol. The molecule has 74 valence electrons. The molecule has 0 aliphatic rings. The number of carbonyl (C=O) groups excluding carboxylic acids is 1. The number of esters is 1. The lowest BCUT2D eigenvalue weighted by atomic mass is 10.3. The minimum Gasteiger partial charge on any atom is -0.507 e. The van der Waals surface area contributed by atoms with Gasteiger partial charge in [0.1, 0.15) is 11.5 Å². The molecule has 0 amide bonds. The van der Waals surface area contributed by atoms with Crippen LogP contribution in [0.5, 0.6) is 11.5 Å². The van der Waals surface area contributed by atoms with Crippen LogP contribution in [-0.2, 0) is 4.79 Å². The fourth-order valence-corrected chi connectivity index (χ4v) is 1.23. The van der Waals surface area contributed by atoms with Crippen molar-refractivity contribution in [2.75, 3.05) is 0 Å². The summed E-state index contributed by atoms with van der Waals surface area (Å²) in [6.07, 6.45) is 0. The molecule has 4 heteroatoms. The third-order valence-corrected chi connectivity index (χ3v) is 2.58. The van der Waals surface area contributed by atoms with E-state index in [9.17, 15) is 9.90 Å². The van der Waals surface area contributed by atoms with Crippen molar-refractivity contribution in [3.63, 3.8) is 0 Å². The van der Waals surface area contributed by atoms with Crippen LogP contribution in [0.15, 0.2) is 30.4 Å². The highest BCUT2D eigenvalue weighted by Gasteiger charge is 2.10. The molecule has 0 radical (unpaired) electrons. The van der Waals surface area contributed by atoms with Crippen molar-refractivity contribution in [3.8, 4) is 11.5 Å². The Labute approximate surface area is 95.5 Å². The van der Waals surface area contributed by atoms with Crippen LogP contribution >= 0.6 is 22.6 Å². The van der Waals surface area contributed by atoms with E-state index in [0.29, 0.717) is 14.9 Å². The van der Waals surface area contributed by atoms with Crippen LogP contribution in [0.3, 0.4) is 0 Å². The summed E-state index contributed by atoms with van der Waals surface area (Å²) >= 11 is 1.90. The van der Waals surface area contributed by atoms with Crippen LogP contribution in [0.2, 0.25) is 0 Å². The first kappa shape index (κ1) is 11.0. The monoisotopic (exact) mass is 304 g/mol. The fraction of sp³-hybridized carbons (Fsp3) is 0.100. The SMILES string of the molecule is C=C(C)C(=O)Oc1cccc(O)c1I. The molecular formula is C10H9IO3. The van der Waals surface area contributed by atoms with E-state index in [1.165, 1.54) is 6.07 Å². The molecule has 1 aromatic carbocycles. The third-order valence-electron chi connectivity index (χ3n) is 1.49. The van der Waals surface area contributed by atoms with Crippen molar-refractivity contribution in [3.05, 3.63) is 33.9 Å². The van der Waals surface area contributed by atoms with E-state index in [2.05, 4.69) is 6.58 Å². The first-order valence-electron chi connectivity index (χ1n) is 3.87. The van der Waals surface area contributed by atoms with Gasteiger partial charge in [0.05, 0.1) is 3.57 Å². The van der Waals surface area contributed by atoms with Crippen LogP contribution in [-0.4, -0.2) is 11.1 Å². The molecule has 0 heterocycles. The highest BCUT2D eigenvalue weighted by molar-refractivity contribution is 14.1. The molecule has 1 N–H and O–H groups in total. The van der Waals surface area contributed by atoms with E-state index >= 15 is 0 Å². The van der Waals surface area contributed by atoms with Crippen LogP contribution < -0.4 is 4.74 Å². The van der Waals surface area contributed by atoms with Crippen LogP contribution in [0.25, 0.3) is 0 Å². The standard InChI is InChI=1S/C10H9IO3/c1-6(2)10(13)14-8-5-3-4-7(12)9(8)11/h3-5,12H,1H2,2H3. The molecule has 0 aliphatic carbocycles. The summed E-state index contributed by atoms with van der Waals surface area (Å²) in [6, 6.07) is 4.75. The number of ether oxygens (including phenoxy) is 1. The van der Waals surface area contributed by atoms with Gasteiger partial charge in [0.15, 0.2) is 0 Å². The third kappa shape index (κ3) is 2.47. The van der Waals surface area contributed by atoms with E-state index < -0.39 is 5.97 Å². The Hall–Kier alpha value is -1.04. The van der Waals surface area contributed by atoms with Crippen molar-refractivity contribution < 1.29 is 14.6 Å². The zero-order valence-corrected chi connectivity index (χ0v) is 9.74. The van der Waals surface area contributed by atoms with Gasteiger partial charge in [-0.25, -0.2) is 4.79 Å². The van der Waals surface area contributed by atoms with E-state index in [-0.39, 0.29) is 5.75 Å². The van der Waals surface area contributed by atoms with E-state index in [4.69, 9.17) is 4.74 Å². The number of phenolic OH excluding ortho intramolecular Hbond substituents is 1. The molecule has 0 bridgehead atoms. The minimum absolute atomic E-state index is 0.0950. The molecule has 0 aliphatic heterocycles. The van der Waals surface area contributed by atoms with E-state index in [1.54, 1.807) is 19.1 Å². The van der Waals surface area contributed by atoms with Gasteiger partial charge in [-0.3, -0.25) is 0 Å². The zero-order chi connectivity index (χ0) is 10.7. The van der Waals surface area contributed by atoms with Gasteiger partial charge in [0, 0.05) is 5.57 Å². The summed E-state index contributed by atoms with van der Waals surface area (Å²) in [4.78, 5) is 11.2. The largest absolute Gasteiger partial charge is 0.507 e. The summed E-state index contributed by atoms with van der Waals surface area (Å²) < 4.78 is 5.50. The zero-order valence-electron chi connectivity index (χ0n) is 7.58. The van der Waals surface area contributed by atoms with Crippen molar-refractivity contribution in [2.45, 2.75) is 6.92 Å². The maximum absolute atomic E-state index is 11.2. The number of phenols is 1. The van der Waals surface area contributed by atoms with Gasteiger partial charge in [-0.05, 0) is 41.6 Å². The summed E-state index contributed by atoms with van der Waals surface area (Å²) in [5, 5.41) is 9.33. The molecule has 0 saturated heterocycles. The maximum atomic E-state index is 11.2.